The van der Waals surface area contributed by atoms with Crippen LogP contribution >= 0.6 is 7.82 Å². The molecule has 0 radical (unpaired) electrons. The second kappa shape index (κ2) is 10.7. The molecule has 31 heavy (non-hydrogen) atoms. The lowest BCUT2D eigenvalue weighted by molar-refractivity contribution is 0.0928. The molecule has 3 fully saturated rings. The van der Waals surface area contributed by atoms with Gasteiger partial charge in [-0.1, -0.05) is 70.3 Å². The van der Waals surface area contributed by atoms with Crippen molar-refractivity contribution in [3.8, 4) is 0 Å². The van der Waals surface area contributed by atoms with Gasteiger partial charge in [0.05, 0.1) is 6.10 Å². The summed E-state index contributed by atoms with van der Waals surface area (Å²) in [4.78, 5) is 18.3. The lowest BCUT2D eigenvalue weighted by atomic mass is 9.60. The van der Waals surface area contributed by atoms with E-state index >= 15 is 0 Å². The fourth-order valence-corrected chi connectivity index (χ4v) is 7.55. The zero-order valence-electron chi connectivity index (χ0n) is 20.2. The monoisotopic (exact) mass is 452 g/mol. The standard InChI is InChI=1S/C26H45O4P/c1-19(2)8-5-9-20(3)24-15-16-25-22(11-7-17-26(24,25)4)14-13-21-10-6-12-23(18-21)30-31(27,28)29/h13-14,19-20,23-25H,5-12,15-18H2,1-4H3,(H2,27,28,29)/b21-13+,22-14+. The van der Waals surface area contributed by atoms with Crippen molar-refractivity contribution < 1.29 is 18.9 Å². The third-order valence-corrected chi connectivity index (χ3v) is 9.07. The average molecular weight is 453 g/mol. The lowest BCUT2D eigenvalue weighted by Gasteiger charge is -2.44. The van der Waals surface area contributed by atoms with Crippen LogP contribution in [0.25, 0.3) is 0 Å². The van der Waals surface area contributed by atoms with Gasteiger partial charge in [0.15, 0.2) is 0 Å². The summed E-state index contributed by atoms with van der Waals surface area (Å²) in [6.45, 7) is 9.73. The van der Waals surface area contributed by atoms with Crippen LogP contribution in [0.3, 0.4) is 0 Å². The molecule has 3 aliphatic rings. The molecule has 0 spiro atoms. The molecule has 5 heteroatoms. The fourth-order valence-electron chi connectivity index (χ4n) is 6.98. The number of phosphoric acid groups is 1. The minimum atomic E-state index is -4.40. The van der Waals surface area contributed by atoms with Gasteiger partial charge in [-0.3, -0.25) is 4.52 Å². The van der Waals surface area contributed by atoms with Crippen molar-refractivity contribution in [1.29, 1.82) is 0 Å². The number of hydrogen-bond acceptors (Lipinski definition) is 2. The minimum Gasteiger partial charge on any atom is -0.303 e. The van der Waals surface area contributed by atoms with Crippen LogP contribution in [0.1, 0.15) is 105 Å². The molecular formula is C26H45O4P. The summed E-state index contributed by atoms with van der Waals surface area (Å²) in [6, 6.07) is 0. The van der Waals surface area contributed by atoms with Crippen LogP contribution in [0, 0.1) is 29.1 Å². The van der Waals surface area contributed by atoms with E-state index in [1.165, 1.54) is 56.9 Å². The summed E-state index contributed by atoms with van der Waals surface area (Å²) in [5.41, 5.74) is 3.34. The second-order valence-electron chi connectivity index (χ2n) is 11.3. The van der Waals surface area contributed by atoms with Gasteiger partial charge >= 0.3 is 7.82 Å². The van der Waals surface area contributed by atoms with Crippen molar-refractivity contribution in [2.24, 2.45) is 29.1 Å². The van der Waals surface area contributed by atoms with Gasteiger partial charge in [-0.05, 0) is 86.9 Å². The molecular weight excluding hydrogens is 407 g/mol. The van der Waals surface area contributed by atoms with E-state index in [4.69, 9.17) is 14.3 Å². The topological polar surface area (TPSA) is 66.8 Å². The summed E-state index contributed by atoms with van der Waals surface area (Å²) in [5, 5.41) is 0. The van der Waals surface area contributed by atoms with E-state index < -0.39 is 7.82 Å². The van der Waals surface area contributed by atoms with Gasteiger partial charge in [0.1, 0.15) is 0 Å². The lowest BCUT2D eigenvalue weighted by Crippen LogP contribution is -2.36. The normalized spacial score (nSPS) is 35.6. The van der Waals surface area contributed by atoms with Crippen LogP contribution in [0.15, 0.2) is 23.3 Å². The number of hydrogen-bond donors (Lipinski definition) is 2. The van der Waals surface area contributed by atoms with Crippen molar-refractivity contribution >= 4 is 7.82 Å². The maximum absolute atomic E-state index is 11.2. The van der Waals surface area contributed by atoms with E-state index in [-0.39, 0.29) is 6.10 Å². The Balaban J connectivity index is 1.65. The largest absolute Gasteiger partial charge is 0.469 e. The Labute approximate surface area is 190 Å². The number of fused-ring (bicyclic) bond motifs is 1. The maximum Gasteiger partial charge on any atom is 0.469 e. The SMILES string of the molecule is CC(C)CCCC(C)C1CCC2/C(=C/C=C3\CCCC(OP(=O)(O)O)C3)CCCC21C. The first-order chi connectivity index (χ1) is 14.6. The first-order valence-electron chi connectivity index (χ1n) is 12.7. The molecule has 3 rings (SSSR count). The van der Waals surface area contributed by atoms with Crippen LogP contribution in [0.4, 0.5) is 0 Å². The Morgan fingerprint density at radius 1 is 1.10 bits per heavy atom. The second-order valence-corrected chi connectivity index (χ2v) is 12.5. The van der Waals surface area contributed by atoms with Gasteiger partial charge in [0, 0.05) is 0 Å². The molecule has 0 aromatic heterocycles. The van der Waals surface area contributed by atoms with Crippen molar-refractivity contribution in [2.75, 3.05) is 0 Å². The zero-order valence-corrected chi connectivity index (χ0v) is 21.1. The first kappa shape index (κ1) is 25.2. The fraction of sp³-hybridized carbons (Fsp3) is 0.846. The van der Waals surface area contributed by atoms with Crippen LogP contribution in [0.5, 0.6) is 0 Å². The zero-order chi connectivity index (χ0) is 22.6. The molecule has 5 atom stereocenters. The molecule has 0 aromatic carbocycles. The summed E-state index contributed by atoms with van der Waals surface area (Å²) < 4.78 is 16.2. The predicted octanol–water partition coefficient (Wildman–Crippen LogP) is 7.57. The van der Waals surface area contributed by atoms with E-state index in [0.717, 1.165) is 37.0 Å². The molecule has 3 aliphatic carbocycles. The van der Waals surface area contributed by atoms with E-state index in [0.29, 0.717) is 17.8 Å². The molecule has 0 saturated heterocycles. The van der Waals surface area contributed by atoms with Gasteiger partial charge in [-0.15, -0.1) is 0 Å². The first-order valence-corrected chi connectivity index (χ1v) is 14.2. The van der Waals surface area contributed by atoms with Crippen molar-refractivity contribution in [1.82, 2.24) is 0 Å². The Morgan fingerprint density at radius 2 is 1.87 bits per heavy atom. The number of allylic oxidation sites excluding steroid dienone is 3. The van der Waals surface area contributed by atoms with Gasteiger partial charge < -0.3 is 9.79 Å². The molecule has 0 aliphatic heterocycles. The van der Waals surface area contributed by atoms with Crippen molar-refractivity contribution in [3.05, 3.63) is 23.3 Å². The van der Waals surface area contributed by atoms with Crippen LogP contribution < -0.4 is 0 Å². The van der Waals surface area contributed by atoms with E-state index in [1.807, 2.05) is 0 Å². The Morgan fingerprint density at radius 3 is 2.58 bits per heavy atom. The third-order valence-electron chi connectivity index (χ3n) is 8.50. The van der Waals surface area contributed by atoms with E-state index in [2.05, 4.69) is 39.8 Å². The average Bonchev–Trinajstić information content (AvgIpc) is 3.02. The molecule has 3 saturated carbocycles. The highest BCUT2D eigenvalue weighted by atomic mass is 31.2. The number of phosphoric ester groups is 1. The van der Waals surface area contributed by atoms with Crippen molar-refractivity contribution in [2.45, 2.75) is 111 Å². The third kappa shape index (κ3) is 6.79. The van der Waals surface area contributed by atoms with Gasteiger partial charge in [0.25, 0.3) is 0 Å². The van der Waals surface area contributed by atoms with Gasteiger partial charge in [-0.25, -0.2) is 4.57 Å². The molecule has 4 nitrogen and oxygen atoms in total. The summed E-state index contributed by atoms with van der Waals surface area (Å²) >= 11 is 0. The minimum absolute atomic E-state index is 0.349. The highest BCUT2D eigenvalue weighted by Gasteiger charge is 2.50. The predicted molar refractivity (Wildman–Crippen MR) is 128 cm³/mol. The molecule has 5 unspecified atom stereocenters. The smallest absolute Gasteiger partial charge is 0.303 e. The van der Waals surface area contributed by atoms with Crippen LogP contribution in [-0.2, 0) is 9.09 Å². The highest BCUT2D eigenvalue weighted by molar-refractivity contribution is 7.46. The summed E-state index contributed by atoms with van der Waals surface area (Å²) in [5.74, 6) is 3.18. The van der Waals surface area contributed by atoms with Crippen LogP contribution in [-0.4, -0.2) is 15.9 Å². The van der Waals surface area contributed by atoms with E-state index in [9.17, 15) is 4.57 Å². The molecule has 178 valence electrons. The maximum atomic E-state index is 11.2. The Kier molecular flexibility index (Phi) is 8.69. The van der Waals surface area contributed by atoms with Crippen LogP contribution in [0.2, 0.25) is 0 Å². The molecule has 0 amide bonds. The van der Waals surface area contributed by atoms with Crippen molar-refractivity contribution in [3.63, 3.8) is 0 Å². The quantitative estimate of drug-likeness (QED) is 0.373. The van der Waals surface area contributed by atoms with Gasteiger partial charge in [0.2, 0.25) is 0 Å². The molecule has 0 bridgehead atoms. The molecule has 2 N–H and O–H groups in total. The van der Waals surface area contributed by atoms with Gasteiger partial charge in [-0.2, -0.15) is 0 Å². The van der Waals surface area contributed by atoms with E-state index in [1.54, 1.807) is 5.57 Å². The molecule has 0 heterocycles. The highest BCUT2D eigenvalue weighted by Crippen LogP contribution is 2.60. The molecule has 0 aromatic rings. The summed E-state index contributed by atoms with van der Waals surface area (Å²) in [6.07, 6.45) is 18.3. The Hall–Kier alpha value is -0.410. The summed E-state index contributed by atoms with van der Waals surface area (Å²) in [7, 11) is -4.40. The number of rotatable bonds is 8. The Bertz CT molecular complexity index is 706.